The number of aliphatic hydroxyl groups excluding tert-OH is 1. The molecule has 0 heterocycles. The van der Waals surface area contributed by atoms with Crippen LogP contribution in [0.3, 0.4) is 0 Å². The molecule has 0 aliphatic heterocycles. The summed E-state index contributed by atoms with van der Waals surface area (Å²) < 4.78 is 9.76. The molecule has 0 unspecified atom stereocenters. The minimum Gasteiger partial charge on any atom is -0.396 e. The van der Waals surface area contributed by atoms with E-state index in [0.717, 1.165) is 5.56 Å². The molecule has 0 aromatic heterocycles. The van der Waals surface area contributed by atoms with E-state index in [1.807, 2.05) is 12.1 Å². The van der Waals surface area contributed by atoms with Crippen LogP contribution in [0.4, 0.5) is 0 Å². The third-order valence-electron chi connectivity index (χ3n) is 2.28. The van der Waals surface area contributed by atoms with Gasteiger partial charge in [0.2, 0.25) is 12.1 Å². The molecule has 16 heavy (non-hydrogen) atoms. The van der Waals surface area contributed by atoms with Crippen molar-refractivity contribution in [3.8, 4) is 0 Å². The van der Waals surface area contributed by atoms with Crippen molar-refractivity contribution in [2.45, 2.75) is 12.7 Å². The summed E-state index contributed by atoms with van der Waals surface area (Å²) in [4.78, 5) is 11.8. The number of ketones is 1. The summed E-state index contributed by atoms with van der Waals surface area (Å²) in [6, 6.07) is 7.04. The first-order valence-corrected chi connectivity index (χ1v) is 5.02. The van der Waals surface area contributed by atoms with Gasteiger partial charge in [-0.1, -0.05) is 24.3 Å². The second kappa shape index (κ2) is 6.37. The van der Waals surface area contributed by atoms with Gasteiger partial charge in [-0.3, -0.25) is 4.79 Å². The van der Waals surface area contributed by atoms with Crippen molar-refractivity contribution in [2.75, 3.05) is 20.8 Å². The Bertz CT molecular complexity index is 327. The summed E-state index contributed by atoms with van der Waals surface area (Å²) in [7, 11) is 2.85. The number of aliphatic hydroxyl groups is 1. The number of Topliss-reactive ketones (excluding diaryl/α,β-unsaturated/α-hetero) is 1. The summed E-state index contributed by atoms with van der Waals surface area (Å²) in [5.74, 6) is -0.208. The Labute approximate surface area is 94.8 Å². The van der Waals surface area contributed by atoms with E-state index in [9.17, 15) is 4.79 Å². The molecule has 88 valence electrons. The van der Waals surface area contributed by atoms with E-state index in [0.29, 0.717) is 12.0 Å². The Morgan fingerprint density at radius 1 is 1.25 bits per heavy atom. The van der Waals surface area contributed by atoms with E-state index in [4.69, 9.17) is 14.6 Å². The number of benzene rings is 1. The summed E-state index contributed by atoms with van der Waals surface area (Å²) in [5, 5.41) is 8.76. The lowest BCUT2D eigenvalue weighted by atomic mass is 10.1. The smallest absolute Gasteiger partial charge is 0.222 e. The molecular formula is C12H16O4. The Morgan fingerprint density at radius 2 is 1.81 bits per heavy atom. The largest absolute Gasteiger partial charge is 0.396 e. The lowest BCUT2D eigenvalue weighted by Gasteiger charge is -2.11. The van der Waals surface area contributed by atoms with Gasteiger partial charge in [-0.15, -0.1) is 0 Å². The summed E-state index contributed by atoms with van der Waals surface area (Å²) in [5.41, 5.74) is 1.53. The molecule has 0 saturated heterocycles. The van der Waals surface area contributed by atoms with Gasteiger partial charge in [0.1, 0.15) is 0 Å². The maximum Gasteiger partial charge on any atom is 0.222 e. The van der Waals surface area contributed by atoms with Gasteiger partial charge in [0.25, 0.3) is 0 Å². The molecule has 1 aromatic rings. The van der Waals surface area contributed by atoms with Crippen molar-refractivity contribution in [3.05, 3.63) is 35.4 Å². The fourth-order valence-electron chi connectivity index (χ4n) is 1.41. The fraction of sp³-hybridized carbons (Fsp3) is 0.417. The Hall–Kier alpha value is -1.23. The molecule has 0 saturated carbocycles. The van der Waals surface area contributed by atoms with Crippen LogP contribution in [0.2, 0.25) is 0 Å². The Balaban J connectivity index is 2.76. The second-order valence-electron chi connectivity index (χ2n) is 3.34. The van der Waals surface area contributed by atoms with Gasteiger partial charge in [0.05, 0.1) is 0 Å². The molecule has 1 aromatic carbocycles. The van der Waals surface area contributed by atoms with Crippen LogP contribution >= 0.6 is 0 Å². The molecule has 1 N–H and O–H groups in total. The zero-order chi connectivity index (χ0) is 12.0. The van der Waals surface area contributed by atoms with Gasteiger partial charge in [-0.25, -0.2) is 0 Å². The van der Waals surface area contributed by atoms with Crippen molar-refractivity contribution in [3.63, 3.8) is 0 Å². The molecule has 0 radical (unpaired) electrons. The number of carbonyl (C=O) groups is 1. The SMILES string of the molecule is COC(OC)C(=O)c1ccc(CCO)cc1. The quantitative estimate of drug-likeness (QED) is 0.579. The van der Waals surface area contributed by atoms with Gasteiger partial charge in [0, 0.05) is 26.4 Å². The molecule has 0 fully saturated rings. The summed E-state index contributed by atoms with van der Waals surface area (Å²) in [6.45, 7) is 0.103. The summed E-state index contributed by atoms with van der Waals surface area (Å²) in [6.07, 6.45) is -0.268. The minimum atomic E-state index is -0.858. The highest BCUT2D eigenvalue weighted by Crippen LogP contribution is 2.09. The Morgan fingerprint density at radius 3 is 2.25 bits per heavy atom. The van der Waals surface area contributed by atoms with E-state index >= 15 is 0 Å². The maximum atomic E-state index is 11.8. The maximum absolute atomic E-state index is 11.8. The number of hydrogen-bond acceptors (Lipinski definition) is 4. The van der Waals surface area contributed by atoms with Gasteiger partial charge in [-0.2, -0.15) is 0 Å². The van der Waals surface area contributed by atoms with Gasteiger partial charge >= 0.3 is 0 Å². The third kappa shape index (κ3) is 3.13. The first-order chi connectivity index (χ1) is 7.72. The van der Waals surface area contributed by atoms with E-state index in [1.165, 1.54) is 14.2 Å². The van der Waals surface area contributed by atoms with Crippen LogP contribution < -0.4 is 0 Å². The van der Waals surface area contributed by atoms with Crippen LogP contribution in [0.5, 0.6) is 0 Å². The molecule has 0 bridgehead atoms. The predicted octanol–water partition coefficient (Wildman–Crippen LogP) is 1.02. The van der Waals surface area contributed by atoms with Gasteiger partial charge in [0.15, 0.2) is 0 Å². The number of methoxy groups -OCH3 is 2. The van der Waals surface area contributed by atoms with Gasteiger partial charge < -0.3 is 14.6 Å². The minimum absolute atomic E-state index is 0.103. The molecule has 4 heteroatoms. The van der Waals surface area contributed by atoms with Crippen LogP contribution in [0.1, 0.15) is 15.9 Å². The lowest BCUT2D eigenvalue weighted by Crippen LogP contribution is -2.24. The third-order valence-corrected chi connectivity index (χ3v) is 2.28. The molecule has 0 aliphatic rings. The molecule has 1 rings (SSSR count). The van der Waals surface area contributed by atoms with Crippen LogP contribution in [0.25, 0.3) is 0 Å². The normalized spacial score (nSPS) is 10.8. The van der Waals surface area contributed by atoms with Crippen molar-refractivity contribution in [1.82, 2.24) is 0 Å². The molecular weight excluding hydrogens is 208 g/mol. The monoisotopic (exact) mass is 224 g/mol. The first-order valence-electron chi connectivity index (χ1n) is 5.02. The summed E-state index contributed by atoms with van der Waals surface area (Å²) >= 11 is 0. The second-order valence-corrected chi connectivity index (χ2v) is 3.34. The molecule has 0 spiro atoms. The fourth-order valence-corrected chi connectivity index (χ4v) is 1.41. The molecule has 4 nitrogen and oxygen atoms in total. The Kier molecular flexibility index (Phi) is 5.11. The van der Waals surface area contributed by atoms with Crippen molar-refractivity contribution >= 4 is 5.78 Å². The van der Waals surface area contributed by atoms with Crippen molar-refractivity contribution < 1.29 is 19.4 Å². The highest BCUT2D eigenvalue weighted by molar-refractivity contribution is 5.98. The van der Waals surface area contributed by atoms with E-state index in [-0.39, 0.29) is 12.4 Å². The van der Waals surface area contributed by atoms with Crippen molar-refractivity contribution in [1.29, 1.82) is 0 Å². The standard InChI is InChI=1S/C12H16O4/c1-15-12(16-2)11(14)10-5-3-9(4-6-10)7-8-13/h3-6,12-13H,7-8H2,1-2H3. The number of ether oxygens (including phenoxy) is 2. The number of rotatable bonds is 6. The average molecular weight is 224 g/mol. The van der Waals surface area contributed by atoms with Crippen LogP contribution in [0.15, 0.2) is 24.3 Å². The zero-order valence-electron chi connectivity index (χ0n) is 9.47. The molecule has 0 atom stereocenters. The van der Waals surface area contributed by atoms with Crippen molar-refractivity contribution in [2.24, 2.45) is 0 Å². The number of carbonyl (C=O) groups excluding carboxylic acids is 1. The first kappa shape index (κ1) is 12.8. The molecule has 0 amide bonds. The highest BCUT2D eigenvalue weighted by atomic mass is 16.7. The van der Waals surface area contributed by atoms with Crippen LogP contribution in [-0.4, -0.2) is 38.0 Å². The van der Waals surface area contributed by atoms with E-state index in [2.05, 4.69) is 0 Å². The van der Waals surface area contributed by atoms with Gasteiger partial charge in [-0.05, 0) is 12.0 Å². The van der Waals surface area contributed by atoms with Crippen LogP contribution in [-0.2, 0) is 15.9 Å². The number of hydrogen-bond donors (Lipinski definition) is 1. The predicted molar refractivity (Wildman–Crippen MR) is 59.4 cm³/mol. The highest BCUT2D eigenvalue weighted by Gasteiger charge is 2.18. The van der Waals surface area contributed by atoms with Crippen LogP contribution in [0, 0.1) is 0 Å². The topological polar surface area (TPSA) is 55.8 Å². The molecule has 0 aliphatic carbocycles. The van der Waals surface area contributed by atoms with E-state index < -0.39 is 6.29 Å². The lowest BCUT2D eigenvalue weighted by molar-refractivity contribution is -0.0742. The zero-order valence-corrected chi connectivity index (χ0v) is 9.47. The average Bonchev–Trinajstić information content (AvgIpc) is 2.32. The van der Waals surface area contributed by atoms with E-state index in [1.54, 1.807) is 12.1 Å².